The Bertz CT molecular complexity index is 1330. The third-order valence-corrected chi connectivity index (χ3v) is 7.52. The lowest BCUT2D eigenvalue weighted by molar-refractivity contribution is 0.00578. The van der Waals surface area contributed by atoms with Crippen LogP contribution in [0.15, 0.2) is 35.3 Å². The van der Waals surface area contributed by atoms with Gasteiger partial charge >= 0.3 is 7.12 Å². The molecule has 3 aromatic rings. The molecule has 7 nitrogen and oxygen atoms in total. The molecule has 2 aromatic heterocycles. The molecule has 34 heavy (non-hydrogen) atoms. The van der Waals surface area contributed by atoms with E-state index < -0.39 is 18.3 Å². The molecule has 0 atom stereocenters. The van der Waals surface area contributed by atoms with E-state index in [4.69, 9.17) is 14.3 Å². The first-order valence-electron chi connectivity index (χ1n) is 12.0. The van der Waals surface area contributed by atoms with Gasteiger partial charge in [-0.3, -0.25) is 9.36 Å². The fourth-order valence-electron chi connectivity index (χ4n) is 5.36. The number of rotatable bonds is 2. The number of H-pyrrole nitrogens is 1. The van der Waals surface area contributed by atoms with Gasteiger partial charge in [-0.15, -0.1) is 0 Å². The summed E-state index contributed by atoms with van der Waals surface area (Å²) in [6, 6.07) is 7.79. The Morgan fingerprint density at radius 3 is 2.29 bits per heavy atom. The van der Waals surface area contributed by atoms with E-state index in [2.05, 4.69) is 78.3 Å². The summed E-state index contributed by atoms with van der Waals surface area (Å²) < 4.78 is 14.3. The van der Waals surface area contributed by atoms with Crippen LogP contribution in [-0.4, -0.2) is 43.9 Å². The van der Waals surface area contributed by atoms with Crippen molar-refractivity contribution in [2.75, 3.05) is 4.90 Å². The van der Waals surface area contributed by atoms with Crippen LogP contribution < -0.4 is 15.9 Å². The molecular weight excluding hydrogens is 427 g/mol. The molecule has 1 fully saturated rings. The molecule has 2 aliphatic heterocycles. The number of aromatic amines is 1. The lowest BCUT2D eigenvalue weighted by Gasteiger charge is -2.42. The van der Waals surface area contributed by atoms with E-state index in [-0.39, 0.29) is 16.6 Å². The van der Waals surface area contributed by atoms with Crippen LogP contribution in [0.1, 0.15) is 62.3 Å². The summed E-state index contributed by atoms with van der Waals surface area (Å²) in [5.74, 6) is 0.719. The topological polar surface area (TPSA) is 72.4 Å². The summed E-state index contributed by atoms with van der Waals surface area (Å²) in [5, 5.41) is 0.989. The first kappa shape index (κ1) is 23.2. The molecule has 0 spiro atoms. The van der Waals surface area contributed by atoms with Crippen LogP contribution in [0.3, 0.4) is 0 Å². The highest BCUT2D eigenvalue weighted by Crippen LogP contribution is 2.39. The second-order valence-corrected chi connectivity index (χ2v) is 12.3. The maximum Gasteiger partial charge on any atom is 0.494 e. The Morgan fingerprint density at radius 2 is 1.68 bits per heavy atom. The molecule has 1 aromatic carbocycles. The van der Waals surface area contributed by atoms with Crippen LogP contribution >= 0.6 is 0 Å². The maximum atomic E-state index is 13.2. The average molecular weight is 462 g/mol. The fourth-order valence-corrected chi connectivity index (χ4v) is 5.36. The predicted octanol–water partition coefficient (Wildman–Crippen LogP) is 4.09. The zero-order valence-electron chi connectivity index (χ0n) is 21.7. The monoisotopic (exact) mass is 462 g/mol. The predicted molar refractivity (Wildman–Crippen MR) is 138 cm³/mol. The highest BCUT2D eigenvalue weighted by molar-refractivity contribution is 6.62. The molecule has 2 aliphatic rings. The standard InChI is InChI=1S/C26H35BN4O3/c1-23(2,3)31-22-29-20(13-21(32)30(22)15-24(31,4)5)18-14-28-19-11-10-16(12-17(18)19)27-33-25(6,7)26(8,9)34-27/h10-14,28H,15H2,1-9H3. The summed E-state index contributed by atoms with van der Waals surface area (Å²) in [6.45, 7) is 19.6. The third-order valence-electron chi connectivity index (χ3n) is 7.52. The Morgan fingerprint density at radius 1 is 1.03 bits per heavy atom. The first-order valence-corrected chi connectivity index (χ1v) is 12.0. The van der Waals surface area contributed by atoms with Crippen LogP contribution in [0.5, 0.6) is 0 Å². The maximum absolute atomic E-state index is 13.2. The molecule has 0 radical (unpaired) electrons. The van der Waals surface area contributed by atoms with Crippen molar-refractivity contribution < 1.29 is 9.31 Å². The number of hydrogen-bond acceptors (Lipinski definition) is 5. The number of benzene rings is 1. The average Bonchev–Trinajstić information content (AvgIpc) is 3.29. The number of fused-ring (bicyclic) bond motifs is 2. The Kier molecular flexibility index (Phi) is 4.76. The Balaban J connectivity index is 1.61. The largest absolute Gasteiger partial charge is 0.494 e. The molecule has 0 saturated carbocycles. The lowest BCUT2D eigenvalue weighted by atomic mass is 9.78. The second kappa shape index (κ2) is 6.98. The zero-order valence-corrected chi connectivity index (χ0v) is 21.7. The van der Waals surface area contributed by atoms with Gasteiger partial charge in [-0.25, -0.2) is 4.98 Å². The van der Waals surface area contributed by atoms with Crippen LogP contribution in [0, 0.1) is 0 Å². The van der Waals surface area contributed by atoms with Gasteiger partial charge in [-0.05, 0) is 73.8 Å². The molecule has 4 heterocycles. The number of aromatic nitrogens is 3. The molecular formula is C26H35BN4O3. The minimum absolute atomic E-state index is 0.0312. The molecule has 0 aliphatic carbocycles. The van der Waals surface area contributed by atoms with E-state index in [9.17, 15) is 4.79 Å². The zero-order chi connectivity index (χ0) is 24.8. The quantitative estimate of drug-likeness (QED) is 0.581. The van der Waals surface area contributed by atoms with Crippen molar-refractivity contribution in [1.29, 1.82) is 0 Å². The summed E-state index contributed by atoms with van der Waals surface area (Å²) >= 11 is 0. The SMILES string of the molecule is CC(C)(C)N1c2nc(-c3c[nH]c4ccc(B5OC(C)(C)C(C)(C)O5)cc34)cc(=O)n2CC1(C)C. The van der Waals surface area contributed by atoms with Crippen LogP contribution in [0.4, 0.5) is 5.95 Å². The molecule has 8 heteroatoms. The van der Waals surface area contributed by atoms with Crippen LogP contribution in [-0.2, 0) is 15.9 Å². The van der Waals surface area contributed by atoms with Gasteiger partial charge in [0.15, 0.2) is 0 Å². The van der Waals surface area contributed by atoms with Gasteiger partial charge in [0.25, 0.3) is 5.56 Å². The van der Waals surface area contributed by atoms with E-state index in [1.165, 1.54) is 0 Å². The van der Waals surface area contributed by atoms with E-state index in [0.29, 0.717) is 12.2 Å². The van der Waals surface area contributed by atoms with Crippen molar-refractivity contribution in [3.8, 4) is 11.3 Å². The highest BCUT2D eigenvalue weighted by Gasteiger charge is 2.51. The van der Waals surface area contributed by atoms with Crippen molar-refractivity contribution >= 4 is 29.4 Å². The van der Waals surface area contributed by atoms with Gasteiger partial charge in [0, 0.05) is 34.3 Å². The summed E-state index contributed by atoms with van der Waals surface area (Å²) in [7, 11) is -0.451. The van der Waals surface area contributed by atoms with Gasteiger partial charge in [-0.2, -0.15) is 0 Å². The van der Waals surface area contributed by atoms with Gasteiger partial charge in [0.1, 0.15) is 0 Å². The van der Waals surface area contributed by atoms with Crippen molar-refractivity contribution in [2.24, 2.45) is 0 Å². The number of hydrogen-bond donors (Lipinski definition) is 1. The Hall–Kier alpha value is -2.58. The second-order valence-electron chi connectivity index (χ2n) is 12.3. The number of anilines is 1. The van der Waals surface area contributed by atoms with Gasteiger partial charge in [-0.1, -0.05) is 12.1 Å². The van der Waals surface area contributed by atoms with Gasteiger partial charge in [0.2, 0.25) is 5.95 Å². The normalized spacial score (nSPS) is 20.9. The van der Waals surface area contributed by atoms with E-state index in [1.54, 1.807) is 10.6 Å². The van der Waals surface area contributed by atoms with Crippen molar-refractivity contribution in [2.45, 2.75) is 91.1 Å². The molecule has 180 valence electrons. The number of nitrogens with one attached hydrogen (secondary N) is 1. The minimum Gasteiger partial charge on any atom is -0.399 e. The molecule has 0 bridgehead atoms. The summed E-state index contributed by atoms with van der Waals surface area (Å²) in [4.78, 5) is 23.8. The van der Waals surface area contributed by atoms with Crippen LogP contribution in [0.25, 0.3) is 22.2 Å². The third kappa shape index (κ3) is 3.42. The number of nitrogens with zero attached hydrogens (tertiary/aromatic N) is 3. The molecule has 0 amide bonds. The van der Waals surface area contributed by atoms with Gasteiger partial charge in [0.05, 0.1) is 29.0 Å². The van der Waals surface area contributed by atoms with Crippen molar-refractivity contribution in [1.82, 2.24) is 14.5 Å². The molecule has 1 N–H and O–H groups in total. The highest BCUT2D eigenvalue weighted by atomic mass is 16.7. The van der Waals surface area contributed by atoms with E-state index in [0.717, 1.165) is 27.9 Å². The van der Waals surface area contributed by atoms with E-state index >= 15 is 0 Å². The molecule has 5 rings (SSSR count). The van der Waals surface area contributed by atoms with E-state index in [1.807, 2.05) is 18.3 Å². The van der Waals surface area contributed by atoms with Gasteiger partial charge < -0.3 is 19.2 Å². The van der Waals surface area contributed by atoms with Crippen LogP contribution in [0.2, 0.25) is 0 Å². The lowest BCUT2D eigenvalue weighted by Crippen LogP contribution is -2.52. The van der Waals surface area contributed by atoms with Crippen molar-refractivity contribution in [3.63, 3.8) is 0 Å². The smallest absolute Gasteiger partial charge is 0.399 e. The first-order chi connectivity index (χ1) is 15.6. The minimum atomic E-state index is -0.451. The summed E-state index contributed by atoms with van der Waals surface area (Å²) in [6.07, 6.45) is 1.93. The molecule has 0 unspecified atom stereocenters. The fraction of sp³-hybridized carbons (Fsp3) is 0.538. The Labute approximate surface area is 201 Å². The van der Waals surface area contributed by atoms with Crippen molar-refractivity contribution in [3.05, 3.63) is 40.8 Å². The summed E-state index contributed by atoms with van der Waals surface area (Å²) in [5.41, 5.74) is 2.25. The molecule has 1 saturated heterocycles.